The number of H-pyrrole nitrogens is 1. The summed E-state index contributed by atoms with van der Waals surface area (Å²) in [4.78, 5) is 39.5. The predicted octanol–water partition coefficient (Wildman–Crippen LogP) is 1.40. The molecular weight excluding hydrogens is 272 g/mol. The highest BCUT2D eigenvalue weighted by Crippen LogP contribution is 2.21. The van der Waals surface area contributed by atoms with Gasteiger partial charge in [-0.3, -0.25) is 14.4 Å². The summed E-state index contributed by atoms with van der Waals surface area (Å²) in [6.45, 7) is 2.91. The van der Waals surface area contributed by atoms with Gasteiger partial charge < -0.3 is 15.0 Å². The Kier molecular flexibility index (Phi) is 4.77. The number of carbonyl (C=O) groups excluding carboxylic acids is 1. The van der Waals surface area contributed by atoms with Crippen molar-refractivity contribution in [3.8, 4) is 0 Å². The average molecular weight is 292 g/mol. The summed E-state index contributed by atoms with van der Waals surface area (Å²) in [6, 6.07) is 1.42. The van der Waals surface area contributed by atoms with E-state index in [4.69, 9.17) is 5.11 Å². The van der Waals surface area contributed by atoms with Crippen LogP contribution in [-0.4, -0.2) is 40.0 Å². The van der Waals surface area contributed by atoms with E-state index < -0.39 is 5.97 Å². The van der Waals surface area contributed by atoms with Gasteiger partial charge in [0.2, 0.25) is 0 Å². The lowest BCUT2D eigenvalue weighted by Crippen LogP contribution is -2.41. The Morgan fingerprint density at radius 2 is 2.24 bits per heavy atom. The van der Waals surface area contributed by atoms with Crippen LogP contribution in [0.2, 0.25) is 0 Å². The third kappa shape index (κ3) is 3.93. The number of rotatable bonds is 4. The molecule has 0 aromatic carbocycles. The Balaban J connectivity index is 2.05. The van der Waals surface area contributed by atoms with E-state index in [9.17, 15) is 14.4 Å². The Morgan fingerprint density at radius 1 is 1.48 bits per heavy atom. The second-order valence-corrected chi connectivity index (χ2v) is 5.59. The molecule has 1 saturated heterocycles. The van der Waals surface area contributed by atoms with Crippen molar-refractivity contribution in [3.05, 3.63) is 33.7 Å². The Hall–Kier alpha value is -2.11. The van der Waals surface area contributed by atoms with Crippen molar-refractivity contribution >= 4 is 11.9 Å². The molecule has 0 saturated carbocycles. The quantitative estimate of drug-likeness (QED) is 0.877. The van der Waals surface area contributed by atoms with Crippen LogP contribution in [0.4, 0.5) is 0 Å². The molecule has 1 aliphatic rings. The standard InChI is InChI=1S/C15H20N2O4/c1-10-7-13(18)12(8-16-10)15(21)17-6-2-3-11(9-17)4-5-14(19)20/h7-8,11H,2-6,9H2,1H3,(H,16,18)(H,19,20). The molecule has 1 atom stereocenters. The summed E-state index contributed by atoms with van der Waals surface area (Å²) in [7, 11) is 0. The number of aromatic nitrogens is 1. The number of carboxylic acid groups (broad SMARTS) is 1. The van der Waals surface area contributed by atoms with Crippen LogP contribution >= 0.6 is 0 Å². The van der Waals surface area contributed by atoms with Crippen LogP contribution in [0, 0.1) is 12.8 Å². The summed E-state index contributed by atoms with van der Waals surface area (Å²) >= 11 is 0. The molecule has 1 aromatic rings. The zero-order valence-electron chi connectivity index (χ0n) is 12.1. The van der Waals surface area contributed by atoms with Crippen molar-refractivity contribution in [1.29, 1.82) is 0 Å². The Morgan fingerprint density at radius 3 is 2.90 bits per heavy atom. The third-order valence-electron chi connectivity index (χ3n) is 3.86. The molecule has 1 aromatic heterocycles. The molecule has 2 N–H and O–H groups in total. The van der Waals surface area contributed by atoms with E-state index in [1.807, 2.05) is 0 Å². The summed E-state index contributed by atoms with van der Waals surface area (Å²) in [5.74, 6) is -0.881. The van der Waals surface area contributed by atoms with E-state index >= 15 is 0 Å². The van der Waals surface area contributed by atoms with Crippen LogP contribution in [0.5, 0.6) is 0 Å². The molecule has 0 spiro atoms. The maximum atomic E-state index is 12.4. The topological polar surface area (TPSA) is 90.5 Å². The SMILES string of the molecule is Cc1cc(=O)c(C(=O)N2CCCC(CCC(=O)O)C2)c[nH]1. The van der Waals surface area contributed by atoms with Crippen LogP contribution in [0.25, 0.3) is 0 Å². The molecule has 114 valence electrons. The number of pyridine rings is 1. The van der Waals surface area contributed by atoms with E-state index in [-0.39, 0.29) is 29.2 Å². The van der Waals surface area contributed by atoms with Crippen molar-refractivity contribution in [1.82, 2.24) is 9.88 Å². The number of aliphatic carboxylic acids is 1. The first-order chi connectivity index (χ1) is 9.97. The first-order valence-electron chi connectivity index (χ1n) is 7.18. The normalized spacial score (nSPS) is 18.5. The average Bonchev–Trinajstić information content (AvgIpc) is 2.45. The maximum Gasteiger partial charge on any atom is 0.303 e. The number of aromatic amines is 1. The van der Waals surface area contributed by atoms with Gasteiger partial charge in [-0.15, -0.1) is 0 Å². The molecule has 1 fully saturated rings. The minimum absolute atomic E-state index is 0.123. The predicted molar refractivity (Wildman–Crippen MR) is 77.3 cm³/mol. The van der Waals surface area contributed by atoms with Gasteiger partial charge in [-0.25, -0.2) is 0 Å². The molecule has 2 rings (SSSR count). The van der Waals surface area contributed by atoms with Crippen molar-refractivity contribution in [2.75, 3.05) is 13.1 Å². The fourth-order valence-electron chi connectivity index (χ4n) is 2.72. The molecule has 2 heterocycles. The molecule has 1 aliphatic heterocycles. The second kappa shape index (κ2) is 6.56. The smallest absolute Gasteiger partial charge is 0.303 e. The van der Waals surface area contributed by atoms with E-state index in [1.165, 1.54) is 12.3 Å². The number of likely N-dealkylation sites (tertiary alicyclic amines) is 1. The van der Waals surface area contributed by atoms with Gasteiger partial charge in [0.1, 0.15) is 5.56 Å². The van der Waals surface area contributed by atoms with Crippen LogP contribution in [0.3, 0.4) is 0 Å². The number of amides is 1. The molecule has 6 heteroatoms. The zero-order chi connectivity index (χ0) is 15.4. The summed E-state index contributed by atoms with van der Waals surface area (Å²) < 4.78 is 0. The fourth-order valence-corrected chi connectivity index (χ4v) is 2.72. The van der Waals surface area contributed by atoms with Crippen molar-refractivity contribution in [3.63, 3.8) is 0 Å². The van der Waals surface area contributed by atoms with Gasteiger partial charge in [0.15, 0.2) is 5.43 Å². The summed E-state index contributed by atoms with van der Waals surface area (Å²) in [5.41, 5.74) is 0.595. The van der Waals surface area contributed by atoms with Crippen LogP contribution in [-0.2, 0) is 4.79 Å². The Labute approximate surface area is 122 Å². The van der Waals surface area contributed by atoms with E-state index in [2.05, 4.69) is 4.98 Å². The highest BCUT2D eigenvalue weighted by atomic mass is 16.4. The lowest BCUT2D eigenvalue weighted by atomic mass is 9.93. The minimum atomic E-state index is -0.812. The Bertz CT molecular complexity index is 594. The van der Waals surface area contributed by atoms with Gasteiger partial charge in [0.25, 0.3) is 5.91 Å². The number of aryl methyl sites for hydroxylation is 1. The first kappa shape index (κ1) is 15.3. The molecule has 1 unspecified atom stereocenters. The minimum Gasteiger partial charge on any atom is -0.481 e. The van der Waals surface area contributed by atoms with Crippen molar-refractivity contribution in [2.45, 2.75) is 32.6 Å². The zero-order valence-corrected chi connectivity index (χ0v) is 12.1. The molecule has 0 radical (unpaired) electrons. The van der Waals surface area contributed by atoms with Gasteiger partial charge in [-0.1, -0.05) is 0 Å². The highest BCUT2D eigenvalue weighted by Gasteiger charge is 2.26. The van der Waals surface area contributed by atoms with Gasteiger partial charge in [0, 0.05) is 37.5 Å². The van der Waals surface area contributed by atoms with Gasteiger partial charge in [-0.2, -0.15) is 0 Å². The molecule has 1 amide bonds. The number of carbonyl (C=O) groups is 2. The number of hydrogen-bond acceptors (Lipinski definition) is 3. The number of nitrogens with zero attached hydrogens (tertiary/aromatic N) is 1. The molecule has 0 aliphatic carbocycles. The summed E-state index contributed by atoms with van der Waals surface area (Å²) in [5, 5.41) is 8.73. The van der Waals surface area contributed by atoms with Crippen molar-refractivity contribution in [2.24, 2.45) is 5.92 Å². The maximum absolute atomic E-state index is 12.4. The first-order valence-corrected chi connectivity index (χ1v) is 7.18. The monoisotopic (exact) mass is 292 g/mol. The number of piperidine rings is 1. The third-order valence-corrected chi connectivity index (χ3v) is 3.86. The van der Waals surface area contributed by atoms with Crippen molar-refractivity contribution < 1.29 is 14.7 Å². The second-order valence-electron chi connectivity index (χ2n) is 5.59. The van der Waals surface area contributed by atoms with E-state index in [0.29, 0.717) is 19.5 Å². The highest BCUT2D eigenvalue weighted by molar-refractivity contribution is 5.93. The van der Waals surface area contributed by atoms with E-state index in [1.54, 1.807) is 11.8 Å². The van der Waals surface area contributed by atoms with Crippen LogP contribution < -0.4 is 5.43 Å². The summed E-state index contributed by atoms with van der Waals surface area (Å²) in [6.07, 6.45) is 3.93. The number of nitrogens with one attached hydrogen (secondary N) is 1. The van der Waals surface area contributed by atoms with Gasteiger partial charge in [-0.05, 0) is 32.1 Å². The van der Waals surface area contributed by atoms with E-state index in [0.717, 1.165) is 18.5 Å². The molecular formula is C15H20N2O4. The lowest BCUT2D eigenvalue weighted by Gasteiger charge is -2.32. The lowest BCUT2D eigenvalue weighted by molar-refractivity contribution is -0.137. The molecule has 21 heavy (non-hydrogen) atoms. The molecule has 0 bridgehead atoms. The largest absolute Gasteiger partial charge is 0.481 e. The number of hydrogen-bond donors (Lipinski definition) is 2. The fraction of sp³-hybridized carbons (Fsp3) is 0.533. The van der Waals surface area contributed by atoms with Gasteiger partial charge in [0.05, 0.1) is 0 Å². The van der Waals surface area contributed by atoms with Crippen LogP contribution in [0.15, 0.2) is 17.1 Å². The van der Waals surface area contributed by atoms with Crippen LogP contribution in [0.1, 0.15) is 41.7 Å². The molecule has 6 nitrogen and oxygen atoms in total. The van der Waals surface area contributed by atoms with Gasteiger partial charge >= 0.3 is 5.97 Å². The number of carboxylic acids is 1.